The molecule has 1 N–H and O–H groups in total. The molecule has 10 nitrogen and oxygen atoms in total. The molecule has 0 saturated carbocycles. The number of nitrogens with zero attached hydrogens (tertiary/aromatic N) is 8. The maximum absolute atomic E-state index is 12.1. The standard InChI is InChI=1S/C25H29N9O/c1-17(2)20-14-28-34-23(20)29-25(31-15-19(16-31)32-11-5-9-22(32)35)30-24(34)26-13-18-7-3-4-8-21(18)33-12-6-10-27-33/h3-4,6-8,10,12,14,17,19H,5,9,11,13,15-16H2,1-2H3,(H,26,29,30). The second-order valence-corrected chi connectivity index (χ2v) is 9.52. The first kappa shape index (κ1) is 21.6. The number of carbonyl (C=O) groups is 1. The number of fused-ring (bicyclic) bond motifs is 1. The van der Waals surface area contributed by atoms with Gasteiger partial charge in [-0.25, -0.2) is 4.68 Å². The van der Waals surface area contributed by atoms with Crippen LogP contribution in [0, 0.1) is 0 Å². The van der Waals surface area contributed by atoms with Crippen LogP contribution < -0.4 is 10.2 Å². The molecule has 10 heteroatoms. The van der Waals surface area contributed by atoms with Crippen molar-refractivity contribution < 1.29 is 4.79 Å². The second kappa shape index (κ2) is 8.68. The topological polar surface area (TPSA) is 96.5 Å². The van der Waals surface area contributed by atoms with Crippen LogP contribution in [0.5, 0.6) is 0 Å². The van der Waals surface area contributed by atoms with Gasteiger partial charge in [-0.1, -0.05) is 32.0 Å². The molecule has 2 aliphatic heterocycles. The average molecular weight is 472 g/mol. The number of benzene rings is 1. The molecular weight excluding hydrogens is 442 g/mol. The summed E-state index contributed by atoms with van der Waals surface area (Å²) < 4.78 is 3.65. The van der Waals surface area contributed by atoms with Crippen molar-refractivity contribution in [2.75, 3.05) is 29.9 Å². The lowest BCUT2D eigenvalue weighted by molar-refractivity contribution is -0.130. The lowest BCUT2D eigenvalue weighted by Gasteiger charge is -2.43. The largest absolute Gasteiger partial charge is 0.350 e. The van der Waals surface area contributed by atoms with E-state index >= 15 is 0 Å². The number of rotatable bonds is 7. The Morgan fingerprint density at radius 2 is 1.97 bits per heavy atom. The van der Waals surface area contributed by atoms with Crippen LogP contribution >= 0.6 is 0 Å². The number of carbonyl (C=O) groups excluding carboxylic acids is 1. The van der Waals surface area contributed by atoms with E-state index in [1.54, 1.807) is 10.7 Å². The zero-order chi connectivity index (χ0) is 23.9. The molecule has 4 aromatic rings. The highest BCUT2D eigenvalue weighted by Crippen LogP contribution is 2.28. The third-order valence-electron chi connectivity index (χ3n) is 6.88. The number of likely N-dealkylation sites (tertiary alicyclic amines) is 1. The normalized spacial score (nSPS) is 16.5. The SMILES string of the molecule is CC(C)c1cnn2c(NCc3ccccc3-n3cccn3)nc(N3CC(N4CCCC4=O)C3)nc12. The molecule has 35 heavy (non-hydrogen) atoms. The predicted molar refractivity (Wildman–Crippen MR) is 133 cm³/mol. The van der Waals surface area contributed by atoms with Crippen molar-refractivity contribution in [1.29, 1.82) is 0 Å². The van der Waals surface area contributed by atoms with Gasteiger partial charge < -0.3 is 15.1 Å². The molecule has 2 aliphatic rings. The van der Waals surface area contributed by atoms with Crippen molar-refractivity contribution in [3.8, 4) is 5.69 Å². The molecular formula is C25H29N9O. The van der Waals surface area contributed by atoms with E-state index in [1.807, 2.05) is 40.2 Å². The minimum atomic E-state index is 0.247. The molecule has 2 fully saturated rings. The molecule has 1 aromatic carbocycles. The number of para-hydroxylation sites is 1. The first-order chi connectivity index (χ1) is 17.1. The molecule has 6 rings (SSSR count). The summed E-state index contributed by atoms with van der Waals surface area (Å²) in [7, 11) is 0. The second-order valence-electron chi connectivity index (χ2n) is 9.52. The molecule has 1 amide bonds. The number of hydrogen-bond donors (Lipinski definition) is 1. The van der Waals surface area contributed by atoms with Crippen LogP contribution in [0.4, 0.5) is 11.9 Å². The van der Waals surface area contributed by atoms with Crippen LogP contribution in [0.15, 0.2) is 48.9 Å². The molecule has 3 aromatic heterocycles. The van der Waals surface area contributed by atoms with E-state index in [0.29, 0.717) is 24.9 Å². The van der Waals surface area contributed by atoms with Gasteiger partial charge in [0, 0.05) is 50.6 Å². The summed E-state index contributed by atoms with van der Waals surface area (Å²) in [5.41, 5.74) is 4.01. The number of amides is 1. The van der Waals surface area contributed by atoms with Crippen LogP contribution in [0.1, 0.15) is 43.7 Å². The number of nitrogens with one attached hydrogen (secondary N) is 1. The Morgan fingerprint density at radius 1 is 1.11 bits per heavy atom. The lowest BCUT2D eigenvalue weighted by Crippen LogP contribution is -2.60. The Balaban J connectivity index is 1.29. The molecule has 5 heterocycles. The first-order valence-corrected chi connectivity index (χ1v) is 12.2. The smallest absolute Gasteiger partial charge is 0.230 e. The summed E-state index contributed by atoms with van der Waals surface area (Å²) in [6.45, 7) is 7.22. The predicted octanol–water partition coefficient (Wildman–Crippen LogP) is 2.86. The van der Waals surface area contributed by atoms with Gasteiger partial charge in [-0.3, -0.25) is 4.79 Å². The Labute approximate surface area is 203 Å². The van der Waals surface area contributed by atoms with Crippen molar-refractivity contribution in [3.63, 3.8) is 0 Å². The van der Waals surface area contributed by atoms with Crippen LogP contribution in [0.3, 0.4) is 0 Å². The minimum Gasteiger partial charge on any atom is -0.350 e. The molecule has 0 radical (unpaired) electrons. The summed E-state index contributed by atoms with van der Waals surface area (Å²) in [5, 5.41) is 12.5. The molecule has 2 saturated heterocycles. The van der Waals surface area contributed by atoms with Gasteiger partial charge in [-0.15, -0.1) is 0 Å². The lowest BCUT2D eigenvalue weighted by atomic mass is 10.1. The van der Waals surface area contributed by atoms with E-state index in [-0.39, 0.29) is 17.9 Å². The van der Waals surface area contributed by atoms with Crippen molar-refractivity contribution in [1.82, 2.24) is 34.3 Å². The maximum atomic E-state index is 12.1. The van der Waals surface area contributed by atoms with Gasteiger partial charge in [0.25, 0.3) is 0 Å². The van der Waals surface area contributed by atoms with E-state index in [2.05, 4.69) is 46.4 Å². The van der Waals surface area contributed by atoms with Gasteiger partial charge in [0.1, 0.15) is 0 Å². The van der Waals surface area contributed by atoms with E-state index in [0.717, 1.165) is 48.5 Å². The monoisotopic (exact) mass is 471 g/mol. The van der Waals surface area contributed by atoms with Gasteiger partial charge in [-0.05, 0) is 30.0 Å². The summed E-state index contributed by atoms with van der Waals surface area (Å²) in [6, 6.07) is 10.3. The van der Waals surface area contributed by atoms with Crippen LogP contribution in [0.2, 0.25) is 0 Å². The first-order valence-electron chi connectivity index (χ1n) is 12.2. The van der Waals surface area contributed by atoms with Crippen molar-refractivity contribution in [2.24, 2.45) is 0 Å². The van der Waals surface area contributed by atoms with E-state index < -0.39 is 0 Å². The Kier molecular flexibility index (Phi) is 5.35. The van der Waals surface area contributed by atoms with Crippen LogP contribution in [-0.4, -0.2) is 65.8 Å². The molecule has 0 aliphatic carbocycles. The van der Waals surface area contributed by atoms with Gasteiger partial charge in [0.15, 0.2) is 5.65 Å². The third-order valence-corrected chi connectivity index (χ3v) is 6.88. The van der Waals surface area contributed by atoms with E-state index in [9.17, 15) is 4.79 Å². The summed E-state index contributed by atoms with van der Waals surface area (Å²) >= 11 is 0. The van der Waals surface area contributed by atoms with Crippen LogP contribution in [-0.2, 0) is 11.3 Å². The Bertz CT molecular complexity index is 1350. The molecule has 0 atom stereocenters. The minimum absolute atomic E-state index is 0.247. The quantitative estimate of drug-likeness (QED) is 0.443. The van der Waals surface area contributed by atoms with Crippen molar-refractivity contribution in [3.05, 3.63) is 60.0 Å². The molecule has 0 unspecified atom stereocenters. The number of aromatic nitrogens is 6. The molecule has 0 bridgehead atoms. The zero-order valence-electron chi connectivity index (χ0n) is 20.0. The van der Waals surface area contributed by atoms with Crippen LogP contribution in [0.25, 0.3) is 11.3 Å². The molecule has 0 spiro atoms. The number of hydrogen-bond acceptors (Lipinski definition) is 7. The Hall–Kier alpha value is -3.95. The zero-order valence-corrected chi connectivity index (χ0v) is 20.0. The van der Waals surface area contributed by atoms with Gasteiger partial charge in [0.05, 0.1) is 17.9 Å². The maximum Gasteiger partial charge on any atom is 0.230 e. The van der Waals surface area contributed by atoms with Gasteiger partial charge in [0.2, 0.25) is 17.8 Å². The fourth-order valence-electron chi connectivity index (χ4n) is 4.89. The highest BCUT2D eigenvalue weighted by atomic mass is 16.2. The average Bonchev–Trinajstić information content (AvgIpc) is 3.58. The van der Waals surface area contributed by atoms with Gasteiger partial charge >= 0.3 is 0 Å². The van der Waals surface area contributed by atoms with E-state index in [1.165, 1.54) is 0 Å². The highest BCUT2D eigenvalue weighted by Gasteiger charge is 2.38. The van der Waals surface area contributed by atoms with E-state index in [4.69, 9.17) is 9.97 Å². The van der Waals surface area contributed by atoms with Crippen molar-refractivity contribution >= 4 is 23.5 Å². The third kappa shape index (κ3) is 3.88. The summed E-state index contributed by atoms with van der Waals surface area (Å²) in [6.07, 6.45) is 7.22. The van der Waals surface area contributed by atoms with Crippen molar-refractivity contribution in [2.45, 2.75) is 45.2 Å². The number of anilines is 2. The highest BCUT2D eigenvalue weighted by molar-refractivity contribution is 5.79. The summed E-state index contributed by atoms with van der Waals surface area (Å²) in [5.74, 6) is 1.87. The fraction of sp³-hybridized carbons (Fsp3) is 0.400. The summed E-state index contributed by atoms with van der Waals surface area (Å²) in [4.78, 5) is 26.1. The van der Waals surface area contributed by atoms with Gasteiger partial charge in [-0.2, -0.15) is 24.7 Å². The molecule has 180 valence electrons. The Morgan fingerprint density at radius 3 is 2.71 bits per heavy atom. The fourth-order valence-corrected chi connectivity index (χ4v) is 4.89.